The molecule has 0 saturated carbocycles. The molecule has 2 aromatic heterocycles. The van der Waals surface area contributed by atoms with Crippen molar-refractivity contribution in [2.24, 2.45) is 0 Å². The number of pyridine rings is 1. The molecule has 8 heteroatoms. The standard InChI is InChI=1S/C16H16N4O3S/c1-2-9-23-16(22)20-8-4-7-19(20)15(21)13-11-24-14(18-13)12-5-3-6-17-10-12/h2-3,5-6,10-11H,1,4,7-9H2. The third-order valence-corrected chi connectivity index (χ3v) is 4.32. The summed E-state index contributed by atoms with van der Waals surface area (Å²) in [6.45, 7) is 4.52. The van der Waals surface area contributed by atoms with E-state index in [9.17, 15) is 9.59 Å². The van der Waals surface area contributed by atoms with Crippen LogP contribution in [0.1, 0.15) is 16.9 Å². The first-order chi connectivity index (χ1) is 11.7. The van der Waals surface area contributed by atoms with Crippen LogP contribution in [-0.4, -0.2) is 51.7 Å². The van der Waals surface area contributed by atoms with Gasteiger partial charge in [0.1, 0.15) is 17.3 Å². The second-order valence-electron chi connectivity index (χ2n) is 5.05. The van der Waals surface area contributed by atoms with Crippen LogP contribution in [-0.2, 0) is 4.74 Å². The van der Waals surface area contributed by atoms with Crippen LogP contribution in [0.25, 0.3) is 10.6 Å². The fraction of sp³-hybridized carbons (Fsp3) is 0.250. The molecule has 124 valence electrons. The van der Waals surface area contributed by atoms with Crippen LogP contribution in [0.15, 0.2) is 42.6 Å². The van der Waals surface area contributed by atoms with E-state index >= 15 is 0 Å². The first kappa shape index (κ1) is 16.1. The predicted octanol–water partition coefficient (Wildman–Crippen LogP) is 2.59. The van der Waals surface area contributed by atoms with Gasteiger partial charge in [0.15, 0.2) is 0 Å². The number of ether oxygens (including phenoxy) is 1. The van der Waals surface area contributed by atoms with Crippen molar-refractivity contribution in [3.8, 4) is 10.6 Å². The van der Waals surface area contributed by atoms with Crippen molar-refractivity contribution in [3.63, 3.8) is 0 Å². The van der Waals surface area contributed by atoms with Gasteiger partial charge in [-0.3, -0.25) is 9.78 Å². The minimum atomic E-state index is -0.552. The monoisotopic (exact) mass is 344 g/mol. The summed E-state index contributed by atoms with van der Waals surface area (Å²) in [6.07, 6.45) is 5.01. The molecule has 0 bridgehead atoms. The molecule has 0 N–H and O–H groups in total. The molecular weight excluding hydrogens is 328 g/mol. The van der Waals surface area contributed by atoms with Gasteiger partial charge in [-0.2, -0.15) is 0 Å². The number of hydrazine groups is 1. The highest BCUT2D eigenvalue weighted by molar-refractivity contribution is 7.13. The highest BCUT2D eigenvalue weighted by atomic mass is 32.1. The lowest BCUT2D eigenvalue weighted by Crippen LogP contribution is -2.45. The van der Waals surface area contributed by atoms with Crippen LogP contribution < -0.4 is 0 Å². The van der Waals surface area contributed by atoms with Crippen LogP contribution in [0.2, 0.25) is 0 Å². The van der Waals surface area contributed by atoms with Gasteiger partial charge in [0.05, 0.1) is 0 Å². The zero-order valence-corrected chi connectivity index (χ0v) is 13.7. The maximum Gasteiger partial charge on any atom is 0.429 e. The Labute approximate surface area is 143 Å². The van der Waals surface area contributed by atoms with Crippen molar-refractivity contribution in [2.45, 2.75) is 6.42 Å². The lowest BCUT2D eigenvalue weighted by molar-refractivity contribution is 0.0157. The summed E-state index contributed by atoms with van der Waals surface area (Å²) in [5.41, 5.74) is 1.16. The highest BCUT2D eigenvalue weighted by Gasteiger charge is 2.33. The minimum absolute atomic E-state index is 0.110. The van der Waals surface area contributed by atoms with Gasteiger partial charge in [0, 0.05) is 36.4 Å². The lowest BCUT2D eigenvalue weighted by Gasteiger charge is -2.26. The van der Waals surface area contributed by atoms with Crippen LogP contribution in [0.4, 0.5) is 4.79 Å². The average molecular weight is 344 g/mol. The topological polar surface area (TPSA) is 75.6 Å². The Kier molecular flexibility index (Phi) is 4.85. The summed E-state index contributed by atoms with van der Waals surface area (Å²) < 4.78 is 5.01. The second-order valence-corrected chi connectivity index (χ2v) is 5.91. The van der Waals surface area contributed by atoms with Crippen molar-refractivity contribution < 1.29 is 14.3 Å². The maximum absolute atomic E-state index is 12.7. The molecule has 1 aliphatic rings. The maximum atomic E-state index is 12.7. The summed E-state index contributed by atoms with van der Waals surface area (Å²) in [6, 6.07) is 3.70. The van der Waals surface area contributed by atoms with Gasteiger partial charge >= 0.3 is 6.09 Å². The molecule has 0 aromatic carbocycles. The smallest absolute Gasteiger partial charge is 0.429 e. The number of aromatic nitrogens is 2. The van der Waals surface area contributed by atoms with Crippen LogP contribution >= 0.6 is 11.3 Å². The van der Waals surface area contributed by atoms with Gasteiger partial charge in [-0.1, -0.05) is 12.7 Å². The Morgan fingerprint density at radius 3 is 2.96 bits per heavy atom. The number of hydrogen-bond donors (Lipinski definition) is 0. The molecule has 3 rings (SSSR count). The fourth-order valence-corrected chi connectivity index (χ4v) is 3.13. The molecule has 1 aliphatic heterocycles. The van der Waals surface area contributed by atoms with Gasteiger partial charge in [0.25, 0.3) is 5.91 Å². The summed E-state index contributed by atoms with van der Waals surface area (Å²) in [5, 5.41) is 5.10. The number of carbonyl (C=O) groups is 2. The van der Waals surface area contributed by atoms with Gasteiger partial charge in [-0.15, -0.1) is 11.3 Å². The zero-order chi connectivity index (χ0) is 16.9. The molecule has 3 heterocycles. The molecule has 2 amide bonds. The zero-order valence-electron chi connectivity index (χ0n) is 12.9. The minimum Gasteiger partial charge on any atom is -0.444 e. The first-order valence-electron chi connectivity index (χ1n) is 7.43. The number of thiazole rings is 1. The molecule has 0 radical (unpaired) electrons. The van der Waals surface area contributed by atoms with E-state index in [-0.39, 0.29) is 12.5 Å². The van der Waals surface area contributed by atoms with Crippen molar-refractivity contribution in [1.82, 2.24) is 20.0 Å². The van der Waals surface area contributed by atoms with E-state index in [1.807, 2.05) is 12.1 Å². The van der Waals surface area contributed by atoms with Crippen LogP contribution in [0.3, 0.4) is 0 Å². The van der Waals surface area contributed by atoms with E-state index in [0.29, 0.717) is 30.2 Å². The van der Waals surface area contributed by atoms with Crippen LogP contribution in [0, 0.1) is 0 Å². The SMILES string of the molecule is C=CCOC(=O)N1CCCN1C(=O)c1csc(-c2cccnc2)n1. The average Bonchev–Trinajstić information content (AvgIpc) is 3.29. The third-order valence-electron chi connectivity index (χ3n) is 3.43. The van der Waals surface area contributed by atoms with Gasteiger partial charge in [-0.25, -0.2) is 19.8 Å². The third kappa shape index (κ3) is 3.28. The highest BCUT2D eigenvalue weighted by Crippen LogP contribution is 2.24. The van der Waals surface area contributed by atoms with Gasteiger partial charge in [-0.05, 0) is 18.6 Å². The van der Waals surface area contributed by atoms with Crippen molar-refractivity contribution >= 4 is 23.3 Å². The summed E-state index contributed by atoms with van der Waals surface area (Å²) in [4.78, 5) is 33.1. The number of amides is 2. The van der Waals surface area contributed by atoms with Crippen molar-refractivity contribution in [2.75, 3.05) is 19.7 Å². The largest absolute Gasteiger partial charge is 0.444 e. The molecule has 0 atom stereocenters. The number of nitrogens with zero attached hydrogens (tertiary/aromatic N) is 4. The Morgan fingerprint density at radius 1 is 1.38 bits per heavy atom. The quantitative estimate of drug-likeness (QED) is 0.797. The Balaban J connectivity index is 1.75. The molecule has 1 saturated heterocycles. The first-order valence-corrected chi connectivity index (χ1v) is 8.31. The Hall–Kier alpha value is -2.74. The van der Waals surface area contributed by atoms with Crippen molar-refractivity contribution in [1.29, 1.82) is 0 Å². The Morgan fingerprint density at radius 2 is 2.21 bits per heavy atom. The molecule has 2 aromatic rings. The number of carbonyl (C=O) groups excluding carboxylic acids is 2. The van der Waals surface area contributed by atoms with E-state index in [1.54, 1.807) is 17.8 Å². The van der Waals surface area contributed by atoms with Crippen LogP contribution in [0.5, 0.6) is 0 Å². The normalized spacial score (nSPS) is 13.8. The number of rotatable bonds is 4. The van der Waals surface area contributed by atoms with E-state index in [4.69, 9.17) is 4.74 Å². The van der Waals surface area contributed by atoms with E-state index in [1.165, 1.54) is 27.4 Å². The molecule has 7 nitrogen and oxygen atoms in total. The second kappa shape index (κ2) is 7.22. The summed E-state index contributed by atoms with van der Waals surface area (Å²) in [5.74, 6) is -0.311. The fourth-order valence-electron chi connectivity index (χ4n) is 2.34. The summed E-state index contributed by atoms with van der Waals surface area (Å²) in [7, 11) is 0. The van der Waals surface area contributed by atoms with Crippen molar-refractivity contribution in [3.05, 3.63) is 48.3 Å². The van der Waals surface area contributed by atoms with Gasteiger partial charge < -0.3 is 4.74 Å². The van der Waals surface area contributed by atoms with E-state index in [0.717, 1.165) is 5.56 Å². The Bertz CT molecular complexity index is 747. The molecule has 0 aliphatic carbocycles. The van der Waals surface area contributed by atoms with Gasteiger partial charge in [0.2, 0.25) is 0 Å². The lowest BCUT2D eigenvalue weighted by atomic mass is 10.3. The van der Waals surface area contributed by atoms with E-state index in [2.05, 4.69) is 16.5 Å². The molecule has 0 unspecified atom stereocenters. The van der Waals surface area contributed by atoms with E-state index < -0.39 is 6.09 Å². The summed E-state index contributed by atoms with van der Waals surface area (Å²) >= 11 is 1.37. The molecule has 1 fully saturated rings. The predicted molar refractivity (Wildman–Crippen MR) is 89.2 cm³/mol. The molecule has 0 spiro atoms. The number of hydrogen-bond acceptors (Lipinski definition) is 6. The molecule has 24 heavy (non-hydrogen) atoms. The molecular formula is C16H16N4O3S.